The van der Waals surface area contributed by atoms with Crippen LogP contribution in [0.4, 0.5) is 0 Å². The summed E-state index contributed by atoms with van der Waals surface area (Å²) >= 11 is 0. The van der Waals surface area contributed by atoms with E-state index in [0.717, 1.165) is 0 Å². The van der Waals surface area contributed by atoms with Crippen LogP contribution in [0.3, 0.4) is 0 Å². The first kappa shape index (κ1) is 11.0. The van der Waals surface area contributed by atoms with E-state index >= 15 is 0 Å². The second-order valence-corrected chi connectivity index (χ2v) is 4.79. The van der Waals surface area contributed by atoms with Crippen molar-refractivity contribution in [3.05, 3.63) is 0 Å². The lowest BCUT2D eigenvalue weighted by molar-refractivity contribution is 0.181. The Labute approximate surface area is 82.7 Å². The summed E-state index contributed by atoms with van der Waals surface area (Å²) in [6, 6.07) is 0. The SMILES string of the molecule is CCCN1CCCCNC(C)(C)C1. The summed E-state index contributed by atoms with van der Waals surface area (Å²) in [6.45, 7) is 11.8. The van der Waals surface area contributed by atoms with Crippen LogP contribution in [0.2, 0.25) is 0 Å². The Bertz CT molecular complexity index is 143. The maximum Gasteiger partial charge on any atom is 0.0252 e. The number of nitrogens with zero attached hydrogens (tertiary/aromatic N) is 1. The highest BCUT2D eigenvalue weighted by atomic mass is 15.2. The van der Waals surface area contributed by atoms with E-state index in [0.29, 0.717) is 5.54 Å². The van der Waals surface area contributed by atoms with Crippen LogP contribution < -0.4 is 5.32 Å². The Balaban J connectivity index is 2.43. The summed E-state index contributed by atoms with van der Waals surface area (Å²) in [5.74, 6) is 0. The molecule has 0 unspecified atom stereocenters. The average molecular weight is 184 g/mol. The lowest BCUT2D eigenvalue weighted by Gasteiger charge is -2.35. The molecule has 2 nitrogen and oxygen atoms in total. The molecule has 1 N–H and O–H groups in total. The molecule has 0 aliphatic carbocycles. The van der Waals surface area contributed by atoms with Crippen molar-refractivity contribution in [1.82, 2.24) is 10.2 Å². The van der Waals surface area contributed by atoms with E-state index in [9.17, 15) is 0 Å². The van der Waals surface area contributed by atoms with Crippen molar-refractivity contribution in [3.8, 4) is 0 Å². The van der Waals surface area contributed by atoms with Crippen LogP contribution in [0.5, 0.6) is 0 Å². The molecule has 0 saturated carbocycles. The zero-order valence-electron chi connectivity index (χ0n) is 9.40. The standard InChI is InChI=1S/C11H24N2/c1-4-8-13-9-6-5-7-12-11(2,3)10-13/h12H,4-10H2,1-3H3. The van der Waals surface area contributed by atoms with Gasteiger partial charge < -0.3 is 10.2 Å². The largest absolute Gasteiger partial charge is 0.311 e. The zero-order valence-corrected chi connectivity index (χ0v) is 9.40. The summed E-state index contributed by atoms with van der Waals surface area (Å²) in [5.41, 5.74) is 0.301. The minimum Gasteiger partial charge on any atom is -0.311 e. The molecule has 78 valence electrons. The van der Waals surface area contributed by atoms with Crippen LogP contribution in [0.25, 0.3) is 0 Å². The smallest absolute Gasteiger partial charge is 0.0252 e. The van der Waals surface area contributed by atoms with Crippen molar-refractivity contribution >= 4 is 0 Å². The molecular formula is C11H24N2. The van der Waals surface area contributed by atoms with Crippen molar-refractivity contribution in [2.45, 2.75) is 45.6 Å². The maximum atomic E-state index is 3.61. The van der Waals surface area contributed by atoms with Gasteiger partial charge in [-0.25, -0.2) is 0 Å². The quantitative estimate of drug-likeness (QED) is 0.704. The van der Waals surface area contributed by atoms with E-state index in [2.05, 4.69) is 31.0 Å². The van der Waals surface area contributed by atoms with Gasteiger partial charge in [-0.15, -0.1) is 0 Å². The molecule has 0 bridgehead atoms. The molecule has 0 spiro atoms. The molecule has 0 aromatic heterocycles. The van der Waals surface area contributed by atoms with E-state index in [-0.39, 0.29) is 0 Å². The molecule has 0 aromatic rings. The second-order valence-electron chi connectivity index (χ2n) is 4.79. The third-order valence-electron chi connectivity index (χ3n) is 2.66. The summed E-state index contributed by atoms with van der Waals surface area (Å²) in [5, 5.41) is 3.61. The van der Waals surface area contributed by atoms with E-state index in [1.54, 1.807) is 0 Å². The lowest BCUT2D eigenvalue weighted by Crippen LogP contribution is -2.51. The van der Waals surface area contributed by atoms with Crippen molar-refractivity contribution in [1.29, 1.82) is 0 Å². The van der Waals surface area contributed by atoms with Crippen LogP contribution in [0.15, 0.2) is 0 Å². The molecule has 1 heterocycles. The van der Waals surface area contributed by atoms with Crippen molar-refractivity contribution in [2.24, 2.45) is 0 Å². The molecule has 0 aromatic carbocycles. The van der Waals surface area contributed by atoms with Gasteiger partial charge in [0, 0.05) is 12.1 Å². The fourth-order valence-electron chi connectivity index (χ4n) is 2.09. The monoisotopic (exact) mass is 184 g/mol. The third-order valence-corrected chi connectivity index (χ3v) is 2.66. The first-order valence-electron chi connectivity index (χ1n) is 5.61. The van der Waals surface area contributed by atoms with Gasteiger partial charge in [-0.1, -0.05) is 6.92 Å². The van der Waals surface area contributed by atoms with E-state index in [1.165, 1.54) is 45.4 Å². The molecule has 1 saturated heterocycles. The Morgan fingerprint density at radius 1 is 1.31 bits per heavy atom. The number of hydrogen-bond donors (Lipinski definition) is 1. The first-order chi connectivity index (χ1) is 6.14. The van der Waals surface area contributed by atoms with Gasteiger partial charge >= 0.3 is 0 Å². The minimum atomic E-state index is 0.301. The fraction of sp³-hybridized carbons (Fsp3) is 1.00. The fourth-order valence-corrected chi connectivity index (χ4v) is 2.09. The molecule has 0 atom stereocenters. The molecule has 1 rings (SSSR count). The van der Waals surface area contributed by atoms with Crippen LogP contribution in [-0.2, 0) is 0 Å². The summed E-state index contributed by atoms with van der Waals surface area (Å²) in [4.78, 5) is 2.59. The number of rotatable bonds is 2. The van der Waals surface area contributed by atoms with Crippen molar-refractivity contribution in [2.75, 3.05) is 26.2 Å². The van der Waals surface area contributed by atoms with Crippen LogP contribution >= 0.6 is 0 Å². The molecule has 2 heteroatoms. The van der Waals surface area contributed by atoms with Gasteiger partial charge in [-0.3, -0.25) is 0 Å². The van der Waals surface area contributed by atoms with Gasteiger partial charge in [0.15, 0.2) is 0 Å². The maximum absolute atomic E-state index is 3.61. The normalized spacial score (nSPS) is 25.2. The molecule has 1 aliphatic heterocycles. The number of hydrogen-bond acceptors (Lipinski definition) is 2. The van der Waals surface area contributed by atoms with Crippen LogP contribution in [0.1, 0.15) is 40.0 Å². The molecular weight excluding hydrogens is 160 g/mol. The Morgan fingerprint density at radius 3 is 2.77 bits per heavy atom. The predicted molar refractivity (Wildman–Crippen MR) is 58.0 cm³/mol. The summed E-state index contributed by atoms with van der Waals surface area (Å²) in [6.07, 6.45) is 3.95. The van der Waals surface area contributed by atoms with E-state index in [4.69, 9.17) is 0 Å². The second kappa shape index (κ2) is 4.97. The minimum absolute atomic E-state index is 0.301. The molecule has 0 amide bonds. The van der Waals surface area contributed by atoms with E-state index < -0.39 is 0 Å². The topological polar surface area (TPSA) is 15.3 Å². The highest BCUT2D eigenvalue weighted by molar-refractivity contribution is 4.83. The highest BCUT2D eigenvalue weighted by Gasteiger charge is 2.21. The van der Waals surface area contributed by atoms with Crippen LogP contribution in [0, 0.1) is 0 Å². The molecule has 1 fully saturated rings. The van der Waals surface area contributed by atoms with Gasteiger partial charge in [0.25, 0.3) is 0 Å². The van der Waals surface area contributed by atoms with Gasteiger partial charge in [-0.05, 0) is 52.7 Å². The highest BCUT2D eigenvalue weighted by Crippen LogP contribution is 2.10. The molecule has 0 radical (unpaired) electrons. The Hall–Kier alpha value is -0.0800. The van der Waals surface area contributed by atoms with Gasteiger partial charge in [0.05, 0.1) is 0 Å². The third kappa shape index (κ3) is 4.10. The molecule has 1 aliphatic rings. The number of nitrogens with one attached hydrogen (secondary N) is 1. The van der Waals surface area contributed by atoms with Crippen molar-refractivity contribution < 1.29 is 0 Å². The zero-order chi connectivity index (χ0) is 9.73. The Kier molecular flexibility index (Phi) is 4.20. The lowest BCUT2D eigenvalue weighted by atomic mass is 10.0. The summed E-state index contributed by atoms with van der Waals surface area (Å²) < 4.78 is 0. The first-order valence-corrected chi connectivity index (χ1v) is 5.61. The van der Waals surface area contributed by atoms with Crippen molar-refractivity contribution in [3.63, 3.8) is 0 Å². The van der Waals surface area contributed by atoms with Crippen LogP contribution in [-0.4, -0.2) is 36.6 Å². The van der Waals surface area contributed by atoms with Gasteiger partial charge in [-0.2, -0.15) is 0 Å². The van der Waals surface area contributed by atoms with E-state index in [1.807, 2.05) is 0 Å². The summed E-state index contributed by atoms with van der Waals surface area (Å²) in [7, 11) is 0. The molecule has 13 heavy (non-hydrogen) atoms. The Morgan fingerprint density at radius 2 is 2.08 bits per heavy atom. The van der Waals surface area contributed by atoms with Gasteiger partial charge in [0.1, 0.15) is 0 Å². The predicted octanol–water partition coefficient (Wildman–Crippen LogP) is 1.86. The average Bonchev–Trinajstić information content (AvgIpc) is 2.00. The van der Waals surface area contributed by atoms with Gasteiger partial charge in [0.2, 0.25) is 0 Å².